The van der Waals surface area contributed by atoms with Crippen LogP contribution in [-0.4, -0.2) is 16.0 Å². The van der Waals surface area contributed by atoms with Gasteiger partial charge in [0.05, 0.1) is 0 Å². The summed E-state index contributed by atoms with van der Waals surface area (Å²) < 4.78 is 0. The maximum Gasteiger partial charge on any atom is 0.192 e. The van der Waals surface area contributed by atoms with Crippen molar-refractivity contribution in [2.75, 3.05) is 0 Å². The van der Waals surface area contributed by atoms with Crippen LogP contribution in [0.3, 0.4) is 0 Å². The van der Waals surface area contributed by atoms with E-state index in [-0.39, 0.29) is 0 Å². The van der Waals surface area contributed by atoms with Gasteiger partial charge in [-0.05, 0) is 123 Å². The molecule has 1 rings (SSSR count). The molecule has 0 bridgehead atoms. The smallest absolute Gasteiger partial charge is 0.192 e. The van der Waals surface area contributed by atoms with E-state index < -0.39 is 11.2 Å². The van der Waals surface area contributed by atoms with Crippen molar-refractivity contribution in [2.24, 2.45) is 17.3 Å². The molecular formula is C30H52O2. The molecule has 0 aromatic heterocycles. The molecule has 1 aliphatic rings. The molecule has 1 aliphatic carbocycles. The molecule has 0 saturated heterocycles. The molecule has 2 heteroatoms. The van der Waals surface area contributed by atoms with Crippen LogP contribution in [0.1, 0.15) is 120 Å². The Bertz CT molecular complexity index is 650. The van der Waals surface area contributed by atoms with E-state index in [4.69, 9.17) is 0 Å². The first-order chi connectivity index (χ1) is 14.9. The largest absolute Gasteiger partial charge is 0.362 e. The molecule has 32 heavy (non-hydrogen) atoms. The van der Waals surface area contributed by atoms with Gasteiger partial charge in [0.2, 0.25) is 0 Å². The second-order valence-corrected chi connectivity index (χ2v) is 11.2. The first-order valence-corrected chi connectivity index (χ1v) is 13.0. The molecular weight excluding hydrogens is 392 g/mol. The zero-order valence-electron chi connectivity index (χ0n) is 22.4. The summed E-state index contributed by atoms with van der Waals surface area (Å²) in [4.78, 5) is 0. The van der Waals surface area contributed by atoms with Gasteiger partial charge in [0.25, 0.3) is 0 Å². The van der Waals surface area contributed by atoms with Gasteiger partial charge in [-0.3, -0.25) is 0 Å². The highest BCUT2D eigenvalue weighted by molar-refractivity contribution is 5.33. The molecule has 0 aliphatic heterocycles. The molecule has 0 aromatic rings. The molecule has 2 unspecified atom stereocenters. The third-order valence-electron chi connectivity index (χ3n) is 7.49. The number of aliphatic hydroxyl groups is 2. The van der Waals surface area contributed by atoms with Crippen molar-refractivity contribution < 1.29 is 10.2 Å². The predicted octanol–water partition coefficient (Wildman–Crippen LogP) is 8.67. The van der Waals surface area contributed by atoms with Crippen LogP contribution in [0.5, 0.6) is 0 Å². The standard InChI is InChI=1S/C30H52O2/c1-9-10-17-28-27(8)22-29(30(28,31)32,20-18-25(6)15-11-13-23(2)3)21-19-26(7)16-12-14-24(4)5/h9-10,13-14,25-26,31-32H,11-12,15-22H2,1-8H3. The monoisotopic (exact) mass is 444 g/mol. The Kier molecular flexibility index (Phi) is 12.2. The Morgan fingerprint density at radius 2 is 1.34 bits per heavy atom. The molecule has 2 atom stereocenters. The van der Waals surface area contributed by atoms with E-state index in [2.05, 4.69) is 66.7 Å². The van der Waals surface area contributed by atoms with Crippen molar-refractivity contribution in [3.8, 4) is 0 Å². The van der Waals surface area contributed by atoms with Crippen molar-refractivity contribution >= 4 is 0 Å². The van der Waals surface area contributed by atoms with E-state index in [9.17, 15) is 10.2 Å². The Hall–Kier alpha value is -1.12. The normalized spacial score (nSPS) is 22.3. The number of hydrogen-bond acceptors (Lipinski definition) is 2. The van der Waals surface area contributed by atoms with Gasteiger partial charge >= 0.3 is 0 Å². The van der Waals surface area contributed by atoms with E-state index in [1.807, 2.05) is 13.0 Å². The van der Waals surface area contributed by atoms with Crippen molar-refractivity contribution in [3.05, 3.63) is 46.6 Å². The van der Waals surface area contributed by atoms with E-state index in [1.54, 1.807) is 0 Å². The highest BCUT2D eigenvalue weighted by Crippen LogP contribution is 2.55. The van der Waals surface area contributed by atoms with Crippen molar-refractivity contribution in [1.29, 1.82) is 0 Å². The molecule has 0 saturated carbocycles. The van der Waals surface area contributed by atoms with Gasteiger partial charge in [-0.2, -0.15) is 0 Å². The molecule has 0 spiro atoms. The SMILES string of the molecule is CC=CCC1=C(C)CC(CCC(C)CCC=C(C)C)(CCC(C)CCC=C(C)C)C1(O)O. The van der Waals surface area contributed by atoms with Crippen LogP contribution in [0.2, 0.25) is 0 Å². The summed E-state index contributed by atoms with van der Waals surface area (Å²) in [5.74, 6) is -0.517. The first kappa shape index (κ1) is 28.9. The molecule has 0 heterocycles. The Morgan fingerprint density at radius 1 is 0.875 bits per heavy atom. The molecule has 0 amide bonds. The molecule has 0 aromatic carbocycles. The predicted molar refractivity (Wildman–Crippen MR) is 140 cm³/mol. The minimum Gasteiger partial charge on any atom is -0.362 e. The fraction of sp³-hybridized carbons (Fsp3) is 0.733. The highest BCUT2D eigenvalue weighted by atomic mass is 16.5. The van der Waals surface area contributed by atoms with Crippen LogP contribution in [0.4, 0.5) is 0 Å². The summed E-state index contributed by atoms with van der Waals surface area (Å²) in [6, 6.07) is 0. The summed E-state index contributed by atoms with van der Waals surface area (Å²) in [7, 11) is 0. The second kappa shape index (κ2) is 13.6. The van der Waals surface area contributed by atoms with Gasteiger partial charge in [0.15, 0.2) is 5.79 Å². The lowest BCUT2D eigenvalue weighted by molar-refractivity contribution is -0.213. The van der Waals surface area contributed by atoms with Crippen LogP contribution in [-0.2, 0) is 0 Å². The summed E-state index contributed by atoms with van der Waals surface area (Å²) in [6.07, 6.45) is 18.6. The minimum absolute atomic E-state index is 0.455. The van der Waals surface area contributed by atoms with Crippen LogP contribution < -0.4 is 0 Å². The number of rotatable bonds is 14. The first-order valence-electron chi connectivity index (χ1n) is 13.0. The zero-order valence-corrected chi connectivity index (χ0v) is 22.4. The van der Waals surface area contributed by atoms with Gasteiger partial charge in [-0.15, -0.1) is 0 Å². The molecule has 0 fully saturated rings. The number of hydrogen-bond donors (Lipinski definition) is 2. The Labute approximate surface area is 199 Å². The zero-order chi connectivity index (χ0) is 24.4. The summed E-state index contributed by atoms with van der Waals surface area (Å²) in [6.45, 7) is 17.4. The van der Waals surface area contributed by atoms with Crippen molar-refractivity contribution in [2.45, 2.75) is 125 Å². The van der Waals surface area contributed by atoms with E-state index >= 15 is 0 Å². The summed E-state index contributed by atoms with van der Waals surface area (Å²) in [5, 5.41) is 23.1. The van der Waals surface area contributed by atoms with Gasteiger partial charge in [-0.1, -0.05) is 54.9 Å². The van der Waals surface area contributed by atoms with E-state index in [0.717, 1.165) is 50.5 Å². The molecule has 2 N–H and O–H groups in total. The van der Waals surface area contributed by atoms with Crippen LogP contribution in [0.15, 0.2) is 46.6 Å². The molecule has 0 radical (unpaired) electrons. The third-order valence-corrected chi connectivity index (χ3v) is 7.49. The fourth-order valence-corrected chi connectivity index (χ4v) is 5.20. The van der Waals surface area contributed by atoms with Crippen LogP contribution in [0, 0.1) is 17.3 Å². The Balaban J connectivity index is 2.94. The third kappa shape index (κ3) is 8.67. The highest BCUT2D eigenvalue weighted by Gasteiger charge is 2.55. The van der Waals surface area contributed by atoms with E-state index in [1.165, 1.54) is 29.6 Å². The second-order valence-electron chi connectivity index (χ2n) is 11.2. The van der Waals surface area contributed by atoms with Crippen molar-refractivity contribution in [1.82, 2.24) is 0 Å². The fourth-order valence-electron chi connectivity index (χ4n) is 5.20. The lowest BCUT2D eigenvalue weighted by atomic mass is 9.69. The lowest BCUT2D eigenvalue weighted by Gasteiger charge is -2.42. The average Bonchev–Trinajstić information content (AvgIpc) is 2.87. The summed E-state index contributed by atoms with van der Waals surface area (Å²) in [5.41, 5.74) is 4.32. The molecule has 184 valence electrons. The summed E-state index contributed by atoms with van der Waals surface area (Å²) >= 11 is 0. The maximum absolute atomic E-state index is 11.5. The van der Waals surface area contributed by atoms with Gasteiger partial charge < -0.3 is 10.2 Å². The minimum atomic E-state index is -1.70. The lowest BCUT2D eigenvalue weighted by Crippen LogP contribution is -2.47. The quantitative estimate of drug-likeness (QED) is 0.208. The Morgan fingerprint density at radius 3 is 1.75 bits per heavy atom. The maximum atomic E-state index is 11.5. The van der Waals surface area contributed by atoms with Gasteiger partial charge in [-0.25, -0.2) is 0 Å². The van der Waals surface area contributed by atoms with Crippen molar-refractivity contribution in [3.63, 3.8) is 0 Å². The topological polar surface area (TPSA) is 40.5 Å². The van der Waals surface area contributed by atoms with Crippen LogP contribution >= 0.6 is 0 Å². The van der Waals surface area contributed by atoms with E-state index in [0.29, 0.717) is 18.3 Å². The van der Waals surface area contributed by atoms with Crippen LogP contribution in [0.25, 0.3) is 0 Å². The van der Waals surface area contributed by atoms with Gasteiger partial charge in [0.1, 0.15) is 0 Å². The number of allylic oxidation sites excluding steroid dienone is 7. The molecule has 2 nitrogen and oxygen atoms in total. The van der Waals surface area contributed by atoms with Gasteiger partial charge in [0, 0.05) is 5.41 Å². The average molecular weight is 445 g/mol.